The van der Waals surface area contributed by atoms with Crippen molar-refractivity contribution in [2.45, 2.75) is 18.8 Å². The van der Waals surface area contributed by atoms with E-state index in [0.29, 0.717) is 5.92 Å². The van der Waals surface area contributed by atoms with Gasteiger partial charge in [-0.15, -0.1) is 13.1 Å². The van der Waals surface area contributed by atoms with Gasteiger partial charge >= 0.3 is 0 Å². The summed E-state index contributed by atoms with van der Waals surface area (Å²) in [7, 11) is 0. The zero-order chi connectivity index (χ0) is 8.23. The molecule has 71 valence electrons. The normalized spacial score (nSPS) is 22.0. The molecular weight excluding hydrogens is 332 g/mol. The molecule has 1 aliphatic rings. The van der Waals surface area contributed by atoms with Crippen molar-refractivity contribution in [2.24, 2.45) is 0 Å². The van der Waals surface area contributed by atoms with Gasteiger partial charge in [0, 0.05) is 20.4 Å². The zero-order valence-electron chi connectivity index (χ0n) is 7.62. The second-order valence-electron chi connectivity index (χ2n) is 3.38. The van der Waals surface area contributed by atoms with E-state index >= 15 is 0 Å². The van der Waals surface area contributed by atoms with Gasteiger partial charge in [-0.05, 0) is 17.9 Å². The number of nitrogens with zero attached hydrogens (tertiary/aromatic N) is 1. The van der Waals surface area contributed by atoms with Crippen LogP contribution in [0.4, 0.5) is 0 Å². The molecule has 0 spiro atoms. The molecular formula is C11H14NRe-. The van der Waals surface area contributed by atoms with Crippen molar-refractivity contribution in [3.8, 4) is 0 Å². The number of hydrogen-bond donors (Lipinski definition) is 0. The summed E-state index contributed by atoms with van der Waals surface area (Å²) in [6.45, 7) is 2.10. The van der Waals surface area contributed by atoms with Crippen LogP contribution in [0.2, 0.25) is 0 Å². The first kappa shape index (κ1) is 10.9. The Balaban J connectivity index is 0.000000845. The first-order chi connectivity index (χ1) is 5.97. The molecule has 1 radical (unpaired) electrons. The average molecular weight is 346 g/mol. The molecule has 0 saturated carbocycles. The van der Waals surface area contributed by atoms with E-state index in [1.807, 2.05) is 0 Å². The Labute approximate surface area is 93.6 Å². The van der Waals surface area contributed by atoms with Crippen LogP contribution in [-0.2, 0) is 20.4 Å². The topological polar surface area (TPSA) is 14.1 Å². The SMILES string of the molecule is [Re].c1ccc(C2CCC[N-]C2)cc1. The molecule has 0 aliphatic carbocycles. The van der Waals surface area contributed by atoms with Crippen LogP contribution in [0.15, 0.2) is 30.3 Å². The summed E-state index contributed by atoms with van der Waals surface area (Å²) in [5, 5.41) is 4.43. The molecule has 0 N–H and O–H groups in total. The van der Waals surface area contributed by atoms with E-state index in [4.69, 9.17) is 0 Å². The second kappa shape index (κ2) is 5.55. The van der Waals surface area contributed by atoms with E-state index in [2.05, 4.69) is 35.6 Å². The van der Waals surface area contributed by atoms with Gasteiger partial charge in [0.25, 0.3) is 0 Å². The predicted octanol–water partition coefficient (Wildman–Crippen LogP) is 2.94. The first-order valence-corrected chi connectivity index (χ1v) is 4.65. The van der Waals surface area contributed by atoms with Gasteiger partial charge < -0.3 is 5.32 Å². The quantitative estimate of drug-likeness (QED) is 0.742. The largest absolute Gasteiger partial charge is 0.662 e. The van der Waals surface area contributed by atoms with Crippen molar-refractivity contribution in [1.29, 1.82) is 0 Å². The van der Waals surface area contributed by atoms with Crippen LogP contribution < -0.4 is 0 Å². The molecule has 1 aromatic carbocycles. The molecule has 1 saturated heterocycles. The Morgan fingerprint density at radius 3 is 2.54 bits per heavy atom. The van der Waals surface area contributed by atoms with Crippen molar-refractivity contribution < 1.29 is 20.4 Å². The maximum atomic E-state index is 4.43. The Morgan fingerprint density at radius 2 is 1.92 bits per heavy atom. The minimum absolute atomic E-state index is 0. The molecule has 0 amide bonds. The summed E-state index contributed by atoms with van der Waals surface area (Å²) in [5.41, 5.74) is 1.46. The minimum atomic E-state index is 0. The predicted molar refractivity (Wildman–Crippen MR) is 51.5 cm³/mol. The molecule has 1 heterocycles. The first-order valence-electron chi connectivity index (χ1n) is 4.65. The van der Waals surface area contributed by atoms with E-state index in [1.54, 1.807) is 0 Å². The van der Waals surface area contributed by atoms with Gasteiger partial charge in [-0.25, -0.2) is 0 Å². The number of piperidine rings is 1. The summed E-state index contributed by atoms with van der Waals surface area (Å²) in [6, 6.07) is 10.7. The third-order valence-electron chi connectivity index (χ3n) is 2.49. The molecule has 2 rings (SSSR count). The Morgan fingerprint density at radius 1 is 1.15 bits per heavy atom. The summed E-state index contributed by atoms with van der Waals surface area (Å²) in [6.07, 6.45) is 2.58. The van der Waals surface area contributed by atoms with Crippen molar-refractivity contribution in [1.82, 2.24) is 0 Å². The molecule has 1 fully saturated rings. The van der Waals surface area contributed by atoms with Crippen LogP contribution in [-0.4, -0.2) is 13.1 Å². The van der Waals surface area contributed by atoms with Crippen LogP contribution in [0.25, 0.3) is 5.32 Å². The van der Waals surface area contributed by atoms with Crippen molar-refractivity contribution in [3.05, 3.63) is 41.2 Å². The summed E-state index contributed by atoms with van der Waals surface area (Å²) < 4.78 is 0. The summed E-state index contributed by atoms with van der Waals surface area (Å²) in [5.74, 6) is 0.694. The van der Waals surface area contributed by atoms with Crippen LogP contribution in [0.3, 0.4) is 0 Å². The fourth-order valence-corrected chi connectivity index (χ4v) is 1.79. The van der Waals surface area contributed by atoms with Gasteiger partial charge in [0.15, 0.2) is 0 Å². The Kier molecular flexibility index (Phi) is 4.66. The van der Waals surface area contributed by atoms with Gasteiger partial charge in [-0.2, -0.15) is 0 Å². The number of hydrogen-bond acceptors (Lipinski definition) is 0. The number of benzene rings is 1. The van der Waals surface area contributed by atoms with Crippen LogP contribution in [0.1, 0.15) is 24.3 Å². The van der Waals surface area contributed by atoms with E-state index in [9.17, 15) is 0 Å². The van der Waals surface area contributed by atoms with E-state index in [1.165, 1.54) is 18.4 Å². The van der Waals surface area contributed by atoms with E-state index in [-0.39, 0.29) is 20.4 Å². The van der Waals surface area contributed by atoms with Crippen LogP contribution >= 0.6 is 0 Å². The molecule has 13 heavy (non-hydrogen) atoms. The molecule has 0 bridgehead atoms. The van der Waals surface area contributed by atoms with E-state index < -0.39 is 0 Å². The van der Waals surface area contributed by atoms with Gasteiger partial charge in [-0.1, -0.05) is 36.8 Å². The fraction of sp³-hybridized carbons (Fsp3) is 0.455. The molecule has 0 aromatic heterocycles. The van der Waals surface area contributed by atoms with Gasteiger partial charge in [0.05, 0.1) is 0 Å². The van der Waals surface area contributed by atoms with Crippen molar-refractivity contribution in [3.63, 3.8) is 0 Å². The number of rotatable bonds is 1. The Bertz CT molecular complexity index is 229. The zero-order valence-corrected chi connectivity index (χ0v) is 10.3. The van der Waals surface area contributed by atoms with Gasteiger partial charge in [0.1, 0.15) is 0 Å². The molecule has 2 heteroatoms. The van der Waals surface area contributed by atoms with Crippen molar-refractivity contribution in [2.75, 3.05) is 13.1 Å². The fourth-order valence-electron chi connectivity index (χ4n) is 1.79. The molecule has 1 aromatic rings. The maximum absolute atomic E-state index is 4.43. The monoisotopic (exact) mass is 347 g/mol. The second-order valence-corrected chi connectivity index (χ2v) is 3.38. The molecule has 1 aliphatic heterocycles. The maximum Gasteiger partial charge on any atom is 0 e. The van der Waals surface area contributed by atoms with Crippen molar-refractivity contribution >= 4 is 0 Å². The third-order valence-corrected chi connectivity index (χ3v) is 2.49. The molecule has 1 atom stereocenters. The molecule has 1 nitrogen and oxygen atoms in total. The van der Waals surface area contributed by atoms with Gasteiger partial charge in [0.2, 0.25) is 0 Å². The average Bonchev–Trinajstić information content (AvgIpc) is 2.21. The minimum Gasteiger partial charge on any atom is -0.662 e. The summed E-state index contributed by atoms with van der Waals surface area (Å²) in [4.78, 5) is 0. The smallest absolute Gasteiger partial charge is 0 e. The van der Waals surface area contributed by atoms with Gasteiger partial charge in [-0.3, -0.25) is 0 Å². The van der Waals surface area contributed by atoms with Crippen LogP contribution in [0.5, 0.6) is 0 Å². The third kappa shape index (κ3) is 2.91. The van der Waals surface area contributed by atoms with E-state index in [0.717, 1.165) is 13.1 Å². The van der Waals surface area contributed by atoms with Crippen LogP contribution in [0, 0.1) is 0 Å². The Hall–Kier alpha value is -0.158. The molecule has 1 unspecified atom stereocenters. The summed E-state index contributed by atoms with van der Waals surface area (Å²) >= 11 is 0. The standard InChI is InChI=1S/C11H14N.Re/c1-2-5-10(6-3-1)11-7-4-8-12-9-11;/h1-3,5-6,11H,4,7-9H2;/q-1;.